The highest BCUT2D eigenvalue weighted by molar-refractivity contribution is 7.07. The summed E-state index contributed by atoms with van der Waals surface area (Å²) in [6.45, 7) is 0. The fourth-order valence-electron chi connectivity index (χ4n) is 1.37. The number of rotatable bonds is 2. The first-order chi connectivity index (χ1) is 8.20. The maximum absolute atomic E-state index is 10.6. The Balaban J connectivity index is 2.46. The zero-order chi connectivity index (χ0) is 12.3. The standard InChI is InChI=1S/C11H10N2O3S/c1-16-9-4-2-8(3-5-9)13-6-7-17-10(13)12-11(14)15/h2-7H,1H3,(H,14,15). The number of aromatic nitrogens is 1. The van der Waals surface area contributed by atoms with Gasteiger partial charge in [-0.1, -0.05) is 0 Å². The molecule has 0 fully saturated rings. The summed E-state index contributed by atoms with van der Waals surface area (Å²) < 4.78 is 6.76. The highest BCUT2D eigenvalue weighted by atomic mass is 32.1. The largest absolute Gasteiger partial charge is 0.497 e. The summed E-state index contributed by atoms with van der Waals surface area (Å²) in [5.74, 6) is 0.751. The second kappa shape index (κ2) is 4.84. The number of thiazole rings is 1. The lowest BCUT2D eigenvalue weighted by Gasteiger charge is -2.04. The molecule has 0 spiro atoms. The summed E-state index contributed by atoms with van der Waals surface area (Å²) in [5.41, 5.74) is 0.840. The van der Waals surface area contributed by atoms with Crippen LogP contribution in [0.4, 0.5) is 4.79 Å². The summed E-state index contributed by atoms with van der Waals surface area (Å²) in [5, 5.41) is 10.4. The van der Waals surface area contributed by atoms with E-state index in [0.717, 1.165) is 11.4 Å². The van der Waals surface area contributed by atoms with E-state index in [-0.39, 0.29) is 0 Å². The SMILES string of the molecule is COc1ccc(-n2ccsc2=NC(=O)O)cc1. The second-order valence-electron chi connectivity index (χ2n) is 3.15. The van der Waals surface area contributed by atoms with Crippen LogP contribution in [0.2, 0.25) is 0 Å². The molecule has 1 aromatic carbocycles. The van der Waals surface area contributed by atoms with Crippen molar-refractivity contribution in [3.8, 4) is 11.4 Å². The minimum Gasteiger partial charge on any atom is -0.497 e. The van der Waals surface area contributed by atoms with Crippen molar-refractivity contribution in [1.29, 1.82) is 0 Å². The molecule has 0 saturated carbocycles. The van der Waals surface area contributed by atoms with Crippen molar-refractivity contribution in [1.82, 2.24) is 4.57 Å². The molecule has 6 heteroatoms. The van der Waals surface area contributed by atoms with Crippen molar-refractivity contribution in [2.24, 2.45) is 4.99 Å². The molecule has 17 heavy (non-hydrogen) atoms. The number of nitrogens with zero attached hydrogens (tertiary/aromatic N) is 2. The van der Waals surface area contributed by atoms with E-state index in [0.29, 0.717) is 4.80 Å². The van der Waals surface area contributed by atoms with Crippen LogP contribution in [0.1, 0.15) is 0 Å². The van der Waals surface area contributed by atoms with E-state index < -0.39 is 6.09 Å². The van der Waals surface area contributed by atoms with Gasteiger partial charge in [-0.05, 0) is 24.3 Å². The van der Waals surface area contributed by atoms with Gasteiger partial charge in [0.05, 0.1) is 7.11 Å². The van der Waals surface area contributed by atoms with Crippen molar-refractivity contribution in [2.45, 2.75) is 0 Å². The van der Waals surface area contributed by atoms with Crippen LogP contribution in [-0.4, -0.2) is 22.9 Å². The normalized spacial score (nSPS) is 11.5. The molecule has 0 saturated heterocycles. The third-order valence-corrected chi connectivity index (χ3v) is 2.89. The van der Waals surface area contributed by atoms with Crippen molar-refractivity contribution in [2.75, 3.05) is 7.11 Å². The van der Waals surface area contributed by atoms with Crippen LogP contribution >= 0.6 is 11.3 Å². The molecular formula is C11H10N2O3S. The van der Waals surface area contributed by atoms with Gasteiger partial charge in [-0.15, -0.1) is 16.3 Å². The Hall–Kier alpha value is -2.08. The number of methoxy groups -OCH3 is 1. The van der Waals surface area contributed by atoms with Crippen LogP contribution in [0.5, 0.6) is 5.75 Å². The topological polar surface area (TPSA) is 63.8 Å². The number of amides is 1. The molecule has 88 valence electrons. The number of ether oxygens (including phenoxy) is 1. The maximum Gasteiger partial charge on any atom is 0.433 e. The molecule has 0 unspecified atom stereocenters. The van der Waals surface area contributed by atoms with E-state index in [2.05, 4.69) is 4.99 Å². The molecule has 0 aliphatic rings. The molecule has 1 amide bonds. The Morgan fingerprint density at radius 1 is 1.41 bits per heavy atom. The molecule has 2 rings (SSSR count). The number of hydrogen-bond donors (Lipinski definition) is 1. The molecule has 0 aliphatic carbocycles. The Bertz CT molecular complexity index is 583. The first-order valence-electron chi connectivity index (χ1n) is 4.79. The van der Waals surface area contributed by atoms with Gasteiger partial charge in [0.15, 0.2) is 0 Å². The Morgan fingerprint density at radius 3 is 2.71 bits per heavy atom. The van der Waals surface area contributed by atoms with Gasteiger partial charge in [-0.3, -0.25) is 4.57 Å². The van der Waals surface area contributed by atoms with Crippen molar-refractivity contribution >= 4 is 17.4 Å². The lowest BCUT2D eigenvalue weighted by atomic mass is 10.3. The molecule has 1 N–H and O–H groups in total. The molecule has 0 bridgehead atoms. The van der Waals surface area contributed by atoms with Gasteiger partial charge in [0.2, 0.25) is 4.80 Å². The summed E-state index contributed by atoms with van der Waals surface area (Å²) >= 11 is 1.27. The fraction of sp³-hybridized carbons (Fsp3) is 0.0909. The molecule has 0 atom stereocenters. The number of benzene rings is 1. The molecule has 2 aromatic rings. The third-order valence-electron chi connectivity index (χ3n) is 2.13. The average molecular weight is 250 g/mol. The van der Waals surface area contributed by atoms with E-state index in [1.165, 1.54) is 11.3 Å². The third kappa shape index (κ3) is 2.54. The number of hydrogen-bond acceptors (Lipinski definition) is 3. The van der Waals surface area contributed by atoms with Crippen molar-refractivity contribution in [3.05, 3.63) is 40.6 Å². The Kier molecular flexibility index (Phi) is 3.24. The van der Waals surface area contributed by atoms with Gasteiger partial charge in [0.25, 0.3) is 0 Å². The highest BCUT2D eigenvalue weighted by Gasteiger charge is 2.01. The Labute approximate surface area is 101 Å². The van der Waals surface area contributed by atoms with Gasteiger partial charge in [0, 0.05) is 17.3 Å². The van der Waals surface area contributed by atoms with Crippen LogP contribution in [0, 0.1) is 0 Å². The van der Waals surface area contributed by atoms with Crippen LogP contribution in [0.25, 0.3) is 5.69 Å². The number of carboxylic acid groups (broad SMARTS) is 1. The molecule has 1 aromatic heterocycles. The lowest BCUT2D eigenvalue weighted by Crippen LogP contribution is -2.13. The molecule has 0 radical (unpaired) electrons. The van der Waals surface area contributed by atoms with E-state index in [1.54, 1.807) is 23.3 Å². The van der Waals surface area contributed by atoms with Crippen molar-refractivity contribution in [3.63, 3.8) is 0 Å². The minimum atomic E-state index is -1.20. The van der Waals surface area contributed by atoms with E-state index in [1.807, 2.05) is 24.3 Å². The van der Waals surface area contributed by atoms with Gasteiger partial charge >= 0.3 is 6.09 Å². The van der Waals surface area contributed by atoms with Gasteiger partial charge in [0.1, 0.15) is 5.75 Å². The molecule has 5 nitrogen and oxygen atoms in total. The fourth-order valence-corrected chi connectivity index (χ4v) is 2.09. The molecule has 1 heterocycles. The predicted octanol–water partition coefficient (Wildman–Crippen LogP) is 2.13. The zero-order valence-corrected chi connectivity index (χ0v) is 9.85. The van der Waals surface area contributed by atoms with Gasteiger partial charge < -0.3 is 9.84 Å². The zero-order valence-electron chi connectivity index (χ0n) is 9.03. The van der Waals surface area contributed by atoms with Gasteiger partial charge in [-0.25, -0.2) is 4.79 Å². The quantitative estimate of drug-likeness (QED) is 0.888. The predicted molar refractivity (Wildman–Crippen MR) is 63.8 cm³/mol. The average Bonchev–Trinajstić information content (AvgIpc) is 2.76. The monoisotopic (exact) mass is 250 g/mol. The van der Waals surface area contributed by atoms with Crippen LogP contribution in [-0.2, 0) is 0 Å². The van der Waals surface area contributed by atoms with Crippen molar-refractivity contribution < 1.29 is 14.6 Å². The van der Waals surface area contributed by atoms with Crippen LogP contribution in [0.15, 0.2) is 40.8 Å². The van der Waals surface area contributed by atoms with Crippen LogP contribution in [0.3, 0.4) is 0 Å². The van der Waals surface area contributed by atoms with E-state index >= 15 is 0 Å². The minimum absolute atomic E-state index is 0.419. The maximum atomic E-state index is 10.6. The summed E-state index contributed by atoms with van der Waals surface area (Å²) in [6, 6.07) is 7.30. The highest BCUT2D eigenvalue weighted by Crippen LogP contribution is 2.13. The molecule has 0 aliphatic heterocycles. The first kappa shape index (κ1) is 11.4. The summed E-state index contributed by atoms with van der Waals surface area (Å²) in [6.07, 6.45) is 0.573. The van der Waals surface area contributed by atoms with E-state index in [9.17, 15) is 4.79 Å². The molecular weight excluding hydrogens is 240 g/mol. The Morgan fingerprint density at radius 2 is 2.12 bits per heavy atom. The summed E-state index contributed by atoms with van der Waals surface area (Å²) in [7, 11) is 1.60. The lowest BCUT2D eigenvalue weighted by molar-refractivity contribution is 0.204. The van der Waals surface area contributed by atoms with E-state index in [4.69, 9.17) is 9.84 Å². The van der Waals surface area contributed by atoms with Crippen LogP contribution < -0.4 is 9.54 Å². The first-order valence-corrected chi connectivity index (χ1v) is 5.67. The summed E-state index contributed by atoms with van der Waals surface area (Å²) in [4.78, 5) is 14.5. The smallest absolute Gasteiger partial charge is 0.433 e. The second-order valence-corrected chi connectivity index (χ2v) is 4.02. The van der Waals surface area contributed by atoms with Gasteiger partial charge in [-0.2, -0.15) is 0 Å². The number of carbonyl (C=O) groups is 1.